The van der Waals surface area contributed by atoms with Crippen LogP contribution in [0.3, 0.4) is 0 Å². The van der Waals surface area contributed by atoms with Crippen LogP contribution in [0.1, 0.15) is 59.2 Å². The molecule has 0 radical (unpaired) electrons. The van der Waals surface area contributed by atoms with Crippen molar-refractivity contribution in [1.82, 2.24) is 14.8 Å². The molecule has 2 aliphatic rings. The third kappa shape index (κ3) is 3.96. The van der Waals surface area contributed by atoms with Crippen LogP contribution >= 0.6 is 23.1 Å². The number of thioether (sulfide) groups is 1. The van der Waals surface area contributed by atoms with E-state index >= 15 is 0 Å². The van der Waals surface area contributed by atoms with E-state index in [1.807, 2.05) is 0 Å². The summed E-state index contributed by atoms with van der Waals surface area (Å²) in [6.07, 6.45) is 7.24. The number of carbonyl (C=O) groups is 2. The van der Waals surface area contributed by atoms with Gasteiger partial charge in [0.2, 0.25) is 5.91 Å². The molecule has 0 unspecified atom stereocenters. The van der Waals surface area contributed by atoms with Gasteiger partial charge in [-0.15, -0.1) is 21.5 Å². The summed E-state index contributed by atoms with van der Waals surface area (Å²) >= 11 is 2.89. The molecule has 28 heavy (non-hydrogen) atoms. The maximum absolute atomic E-state index is 12.6. The summed E-state index contributed by atoms with van der Waals surface area (Å²) in [7, 11) is 0. The van der Waals surface area contributed by atoms with Gasteiger partial charge in [-0.3, -0.25) is 9.59 Å². The lowest BCUT2D eigenvalue weighted by molar-refractivity contribution is -0.113. The molecular weight excluding hydrogens is 394 g/mol. The Morgan fingerprint density at radius 3 is 2.96 bits per heavy atom. The van der Waals surface area contributed by atoms with E-state index < -0.39 is 5.91 Å². The average molecular weight is 420 g/mol. The van der Waals surface area contributed by atoms with E-state index in [-0.39, 0.29) is 11.7 Å². The second kappa shape index (κ2) is 8.24. The molecule has 3 N–H and O–H groups in total. The van der Waals surface area contributed by atoms with E-state index in [4.69, 9.17) is 5.73 Å². The maximum atomic E-state index is 12.6. The van der Waals surface area contributed by atoms with Crippen molar-refractivity contribution >= 4 is 39.9 Å². The zero-order valence-electron chi connectivity index (χ0n) is 16.0. The Kier molecular flexibility index (Phi) is 5.73. The molecule has 7 nitrogen and oxygen atoms in total. The summed E-state index contributed by atoms with van der Waals surface area (Å²) < 4.78 is 2.13. The molecule has 2 aromatic rings. The molecule has 0 aromatic carbocycles. The van der Waals surface area contributed by atoms with Crippen LogP contribution < -0.4 is 11.1 Å². The number of hydrogen-bond acceptors (Lipinski definition) is 6. The lowest BCUT2D eigenvalue weighted by atomic mass is 9.88. The van der Waals surface area contributed by atoms with Crippen LogP contribution in [0.5, 0.6) is 0 Å². The summed E-state index contributed by atoms with van der Waals surface area (Å²) in [6.45, 7) is 3.12. The van der Waals surface area contributed by atoms with Gasteiger partial charge in [0.05, 0.1) is 11.3 Å². The number of nitrogens with one attached hydrogen (secondary N) is 1. The van der Waals surface area contributed by atoms with Crippen LogP contribution in [0.15, 0.2) is 5.16 Å². The van der Waals surface area contributed by atoms with Gasteiger partial charge in [0.15, 0.2) is 5.16 Å². The Bertz CT molecular complexity index is 905. The lowest BCUT2D eigenvalue weighted by Crippen LogP contribution is -2.20. The first-order valence-electron chi connectivity index (χ1n) is 9.82. The number of aryl methyl sites for hydroxylation is 1. The van der Waals surface area contributed by atoms with Crippen molar-refractivity contribution < 1.29 is 9.59 Å². The number of thiophene rings is 1. The molecule has 1 atom stereocenters. The molecule has 2 amide bonds. The normalized spacial score (nSPS) is 18.8. The smallest absolute Gasteiger partial charge is 0.251 e. The van der Waals surface area contributed by atoms with Crippen molar-refractivity contribution in [3.8, 4) is 0 Å². The third-order valence-corrected chi connectivity index (χ3v) is 7.56. The quantitative estimate of drug-likeness (QED) is 0.725. The molecular formula is C19H25N5O2S2. The maximum Gasteiger partial charge on any atom is 0.251 e. The SMILES string of the molecule is C[C@H]1CCc2c(sc(NC(=O)CSc3nnc4n3CCCCC4)c2C(N)=O)C1. The van der Waals surface area contributed by atoms with Crippen LogP contribution in [0.25, 0.3) is 0 Å². The molecule has 1 aliphatic carbocycles. The molecule has 150 valence electrons. The van der Waals surface area contributed by atoms with E-state index in [1.165, 1.54) is 34.4 Å². The highest BCUT2D eigenvalue weighted by atomic mass is 32.2. The first kappa shape index (κ1) is 19.4. The minimum absolute atomic E-state index is 0.148. The number of anilines is 1. The van der Waals surface area contributed by atoms with Gasteiger partial charge in [0.1, 0.15) is 10.8 Å². The van der Waals surface area contributed by atoms with Gasteiger partial charge in [-0.05, 0) is 43.6 Å². The monoisotopic (exact) mass is 419 g/mol. The van der Waals surface area contributed by atoms with E-state index in [0.29, 0.717) is 16.5 Å². The van der Waals surface area contributed by atoms with Gasteiger partial charge in [0.25, 0.3) is 5.91 Å². The van der Waals surface area contributed by atoms with Crippen molar-refractivity contribution in [3.63, 3.8) is 0 Å². The molecule has 0 saturated carbocycles. The van der Waals surface area contributed by atoms with Crippen LogP contribution in [-0.4, -0.2) is 32.3 Å². The summed E-state index contributed by atoms with van der Waals surface area (Å²) in [6, 6.07) is 0. The average Bonchev–Trinajstić information content (AvgIpc) is 3.11. The number of hydrogen-bond donors (Lipinski definition) is 2. The predicted octanol–water partition coefficient (Wildman–Crippen LogP) is 3.02. The molecule has 1 aliphatic heterocycles. The Balaban J connectivity index is 1.45. The lowest BCUT2D eigenvalue weighted by Gasteiger charge is -2.18. The van der Waals surface area contributed by atoms with Crippen LogP contribution in [0, 0.1) is 5.92 Å². The molecule has 3 heterocycles. The minimum atomic E-state index is -0.460. The molecule has 0 spiro atoms. The van der Waals surface area contributed by atoms with Gasteiger partial charge in [0, 0.05) is 17.8 Å². The first-order valence-corrected chi connectivity index (χ1v) is 11.6. The van der Waals surface area contributed by atoms with E-state index in [0.717, 1.165) is 61.6 Å². The number of rotatable bonds is 5. The van der Waals surface area contributed by atoms with Crippen molar-refractivity contribution in [2.24, 2.45) is 11.7 Å². The molecule has 4 rings (SSSR count). The van der Waals surface area contributed by atoms with E-state index in [2.05, 4.69) is 27.0 Å². The van der Waals surface area contributed by atoms with Gasteiger partial charge in [-0.1, -0.05) is 25.1 Å². The zero-order chi connectivity index (χ0) is 19.7. The number of carbonyl (C=O) groups excluding carboxylic acids is 2. The fourth-order valence-electron chi connectivity index (χ4n) is 3.96. The number of fused-ring (bicyclic) bond motifs is 2. The Labute approximate surface area is 172 Å². The Hall–Kier alpha value is -1.87. The first-order chi connectivity index (χ1) is 13.5. The van der Waals surface area contributed by atoms with Crippen LogP contribution in [0.2, 0.25) is 0 Å². The van der Waals surface area contributed by atoms with Gasteiger partial charge >= 0.3 is 0 Å². The topological polar surface area (TPSA) is 103 Å². The largest absolute Gasteiger partial charge is 0.365 e. The van der Waals surface area contributed by atoms with Gasteiger partial charge < -0.3 is 15.6 Å². The minimum Gasteiger partial charge on any atom is -0.365 e. The summed E-state index contributed by atoms with van der Waals surface area (Å²) in [4.78, 5) is 25.7. The number of amides is 2. The van der Waals surface area contributed by atoms with E-state index in [1.54, 1.807) is 0 Å². The number of aromatic nitrogens is 3. The van der Waals surface area contributed by atoms with Crippen molar-refractivity contribution in [2.45, 2.75) is 63.6 Å². The highest BCUT2D eigenvalue weighted by molar-refractivity contribution is 7.99. The predicted molar refractivity (Wildman–Crippen MR) is 111 cm³/mol. The van der Waals surface area contributed by atoms with Gasteiger partial charge in [-0.25, -0.2) is 0 Å². The third-order valence-electron chi connectivity index (χ3n) is 5.42. The second-order valence-electron chi connectivity index (χ2n) is 7.62. The van der Waals surface area contributed by atoms with Gasteiger partial charge in [-0.2, -0.15) is 0 Å². The number of primary amides is 1. The van der Waals surface area contributed by atoms with Crippen molar-refractivity contribution in [3.05, 3.63) is 21.8 Å². The van der Waals surface area contributed by atoms with Crippen LogP contribution in [0.4, 0.5) is 5.00 Å². The zero-order valence-corrected chi connectivity index (χ0v) is 17.6. The van der Waals surface area contributed by atoms with Crippen molar-refractivity contribution in [1.29, 1.82) is 0 Å². The summed E-state index contributed by atoms with van der Waals surface area (Å²) in [5.41, 5.74) is 7.16. The Morgan fingerprint density at radius 2 is 2.14 bits per heavy atom. The fraction of sp³-hybridized carbons (Fsp3) is 0.579. The number of nitrogens with zero attached hydrogens (tertiary/aromatic N) is 3. The van der Waals surface area contributed by atoms with E-state index in [9.17, 15) is 9.59 Å². The highest BCUT2D eigenvalue weighted by Crippen LogP contribution is 2.39. The summed E-state index contributed by atoms with van der Waals surface area (Å²) in [5.74, 6) is 1.23. The fourth-order valence-corrected chi connectivity index (χ4v) is 6.17. The molecule has 0 bridgehead atoms. The van der Waals surface area contributed by atoms with Crippen molar-refractivity contribution in [2.75, 3.05) is 11.1 Å². The molecule has 2 aromatic heterocycles. The Morgan fingerprint density at radius 1 is 1.29 bits per heavy atom. The summed E-state index contributed by atoms with van der Waals surface area (Å²) in [5, 5.41) is 12.8. The number of nitrogens with two attached hydrogens (primary N) is 1. The second-order valence-corrected chi connectivity index (χ2v) is 9.67. The van der Waals surface area contributed by atoms with Crippen LogP contribution in [-0.2, 0) is 30.6 Å². The molecule has 9 heteroatoms. The molecule has 0 saturated heterocycles. The standard InChI is InChI=1S/C19H25N5O2S2/c1-11-6-7-12-13(9-11)28-18(16(12)17(20)26)21-15(25)10-27-19-23-22-14-5-3-2-4-8-24(14)19/h11H,2-10H2,1H3,(H2,20,26)(H,21,25)/t11-/m0/s1. The molecule has 0 fully saturated rings. The highest BCUT2D eigenvalue weighted by Gasteiger charge is 2.27.